The molecule has 2 rings (SSSR count). The fourth-order valence-electron chi connectivity index (χ4n) is 2.99. The van der Waals surface area contributed by atoms with E-state index in [0.717, 1.165) is 31.5 Å². The zero-order valence-corrected chi connectivity index (χ0v) is 14.8. The quantitative estimate of drug-likeness (QED) is 0.836. The van der Waals surface area contributed by atoms with E-state index in [4.69, 9.17) is 4.74 Å². The molecule has 1 fully saturated rings. The molecule has 130 valence electrons. The molecular weight excluding hydrogens is 292 g/mol. The van der Waals surface area contributed by atoms with Gasteiger partial charge in [0.05, 0.1) is 5.69 Å². The molecule has 0 saturated heterocycles. The summed E-state index contributed by atoms with van der Waals surface area (Å²) in [6.07, 6.45) is 7.09. The lowest BCUT2D eigenvalue weighted by atomic mass is 10.0. The van der Waals surface area contributed by atoms with Gasteiger partial charge in [0.2, 0.25) is 0 Å². The summed E-state index contributed by atoms with van der Waals surface area (Å²) < 4.78 is 7.28. The van der Waals surface area contributed by atoms with E-state index < -0.39 is 5.60 Å². The highest BCUT2D eigenvalue weighted by Crippen LogP contribution is 2.19. The molecule has 6 heteroatoms. The highest BCUT2D eigenvalue weighted by Gasteiger charge is 2.27. The minimum Gasteiger partial charge on any atom is -0.444 e. The maximum atomic E-state index is 12.1. The molecule has 0 spiro atoms. The molecule has 23 heavy (non-hydrogen) atoms. The Hall–Kier alpha value is -1.56. The summed E-state index contributed by atoms with van der Waals surface area (Å²) in [5.74, 6) is 0. The lowest BCUT2D eigenvalue weighted by molar-refractivity contribution is 0.0489. The van der Waals surface area contributed by atoms with Crippen LogP contribution in [0.25, 0.3) is 0 Å². The van der Waals surface area contributed by atoms with Crippen molar-refractivity contribution in [3.8, 4) is 0 Å². The fourth-order valence-corrected chi connectivity index (χ4v) is 2.99. The summed E-state index contributed by atoms with van der Waals surface area (Å²) in [6, 6.07) is 2.39. The number of hydrogen-bond acceptors (Lipinski definition) is 4. The Labute approximate surface area is 139 Å². The van der Waals surface area contributed by atoms with Crippen molar-refractivity contribution in [2.75, 3.05) is 0 Å². The molecule has 1 aliphatic carbocycles. The number of aryl methyl sites for hydroxylation is 1. The summed E-state index contributed by atoms with van der Waals surface area (Å²) >= 11 is 0. The van der Waals surface area contributed by atoms with Gasteiger partial charge in [-0.05, 0) is 39.7 Å². The van der Waals surface area contributed by atoms with Crippen molar-refractivity contribution in [1.82, 2.24) is 20.4 Å². The molecular formula is C17H30N4O2. The van der Waals surface area contributed by atoms with Gasteiger partial charge in [0.25, 0.3) is 0 Å². The fraction of sp³-hybridized carbons (Fsp3) is 0.765. The third-order valence-electron chi connectivity index (χ3n) is 4.19. The molecule has 2 N–H and O–H groups in total. The van der Waals surface area contributed by atoms with Gasteiger partial charge in [-0.15, -0.1) is 0 Å². The number of aromatic nitrogens is 2. The number of rotatable bonds is 4. The van der Waals surface area contributed by atoms with Crippen LogP contribution in [0.1, 0.15) is 58.6 Å². The van der Waals surface area contributed by atoms with E-state index in [2.05, 4.69) is 15.7 Å². The first-order valence-corrected chi connectivity index (χ1v) is 8.55. The van der Waals surface area contributed by atoms with Crippen LogP contribution < -0.4 is 10.6 Å². The lowest BCUT2D eigenvalue weighted by Gasteiger charge is -2.29. The third kappa shape index (κ3) is 5.86. The second kappa shape index (κ2) is 7.81. The van der Waals surface area contributed by atoms with Gasteiger partial charge < -0.3 is 15.4 Å². The van der Waals surface area contributed by atoms with Crippen molar-refractivity contribution < 1.29 is 9.53 Å². The van der Waals surface area contributed by atoms with E-state index in [1.54, 1.807) is 6.20 Å². The Morgan fingerprint density at radius 3 is 2.61 bits per heavy atom. The van der Waals surface area contributed by atoms with Crippen LogP contribution in [0.3, 0.4) is 0 Å². The standard InChI is InChI=1S/C17H30N4O2/c1-17(2,3)23-16(22)20-15-9-7-5-6-8-14(15)18-12-13-10-11-19-21(13)4/h10-11,14-15,18H,5-9,12H2,1-4H3,(H,20,22)/t14-,15+/m0/s1. The zero-order valence-electron chi connectivity index (χ0n) is 14.8. The lowest BCUT2D eigenvalue weighted by Crippen LogP contribution is -2.50. The average molecular weight is 322 g/mol. The molecule has 1 aliphatic rings. The smallest absolute Gasteiger partial charge is 0.407 e. The number of nitrogens with zero attached hydrogens (tertiary/aromatic N) is 2. The van der Waals surface area contributed by atoms with Gasteiger partial charge in [-0.1, -0.05) is 19.3 Å². The first-order valence-electron chi connectivity index (χ1n) is 8.55. The number of amides is 1. The van der Waals surface area contributed by atoms with Crippen molar-refractivity contribution in [2.24, 2.45) is 7.05 Å². The van der Waals surface area contributed by atoms with Crippen molar-refractivity contribution in [3.05, 3.63) is 18.0 Å². The van der Waals surface area contributed by atoms with Crippen molar-refractivity contribution in [3.63, 3.8) is 0 Å². The van der Waals surface area contributed by atoms with Crippen LogP contribution >= 0.6 is 0 Å². The number of carbonyl (C=O) groups excluding carboxylic acids is 1. The Bertz CT molecular complexity index is 507. The topological polar surface area (TPSA) is 68.2 Å². The van der Waals surface area contributed by atoms with Gasteiger partial charge in [0.1, 0.15) is 5.60 Å². The summed E-state index contributed by atoms with van der Waals surface area (Å²) in [5.41, 5.74) is 0.678. The Kier molecular flexibility index (Phi) is 6.04. The number of alkyl carbamates (subject to hydrolysis) is 1. The number of nitrogens with one attached hydrogen (secondary N) is 2. The molecule has 6 nitrogen and oxygen atoms in total. The summed E-state index contributed by atoms with van der Waals surface area (Å²) in [5, 5.41) is 10.8. The molecule has 0 radical (unpaired) electrons. The molecule has 1 saturated carbocycles. The molecule has 1 amide bonds. The van der Waals surface area contributed by atoms with Crippen LogP contribution in [0.4, 0.5) is 4.79 Å². The number of carbonyl (C=O) groups is 1. The maximum absolute atomic E-state index is 12.1. The van der Waals surface area contributed by atoms with E-state index in [1.165, 1.54) is 12.8 Å². The van der Waals surface area contributed by atoms with Gasteiger partial charge in [0, 0.05) is 31.9 Å². The van der Waals surface area contributed by atoms with E-state index in [0.29, 0.717) is 0 Å². The molecule has 1 aromatic heterocycles. The second-order valence-corrected chi connectivity index (χ2v) is 7.32. The van der Waals surface area contributed by atoms with E-state index >= 15 is 0 Å². The molecule has 0 unspecified atom stereocenters. The average Bonchev–Trinajstić information content (AvgIpc) is 2.71. The first kappa shape index (κ1) is 17.8. The molecule has 0 aliphatic heterocycles. The number of hydrogen-bond donors (Lipinski definition) is 2. The second-order valence-electron chi connectivity index (χ2n) is 7.32. The van der Waals surface area contributed by atoms with E-state index in [1.807, 2.05) is 38.6 Å². The van der Waals surface area contributed by atoms with Gasteiger partial charge in [-0.3, -0.25) is 4.68 Å². The Morgan fingerprint density at radius 1 is 1.30 bits per heavy atom. The van der Waals surface area contributed by atoms with Gasteiger partial charge in [-0.2, -0.15) is 5.10 Å². The summed E-state index contributed by atoms with van der Waals surface area (Å²) in [7, 11) is 1.94. The molecule has 2 atom stereocenters. The molecule has 0 aromatic carbocycles. The highest BCUT2D eigenvalue weighted by molar-refractivity contribution is 5.68. The third-order valence-corrected chi connectivity index (χ3v) is 4.19. The first-order chi connectivity index (χ1) is 10.8. The van der Waals surface area contributed by atoms with Crippen LogP contribution in [0.2, 0.25) is 0 Å². The molecule has 1 aromatic rings. The van der Waals surface area contributed by atoms with Crippen LogP contribution in [-0.2, 0) is 18.3 Å². The summed E-state index contributed by atoms with van der Waals surface area (Å²) in [6.45, 7) is 6.42. The van der Waals surface area contributed by atoms with Crippen LogP contribution in [0.5, 0.6) is 0 Å². The monoisotopic (exact) mass is 322 g/mol. The number of ether oxygens (including phenoxy) is 1. The maximum Gasteiger partial charge on any atom is 0.407 e. The van der Waals surface area contributed by atoms with Crippen molar-refractivity contribution >= 4 is 6.09 Å². The van der Waals surface area contributed by atoms with E-state index in [-0.39, 0.29) is 18.2 Å². The largest absolute Gasteiger partial charge is 0.444 e. The van der Waals surface area contributed by atoms with Gasteiger partial charge in [0.15, 0.2) is 0 Å². The Balaban J connectivity index is 1.93. The van der Waals surface area contributed by atoms with Crippen molar-refractivity contribution in [1.29, 1.82) is 0 Å². The van der Waals surface area contributed by atoms with Crippen LogP contribution in [0.15, 0.2) is 12.3 Å². The van der Waals surface area contributed by atoms with Crippen LogP contribution in [-0.4, -0.2) is 33.6 Å². The molecule has 0 bridgehead atoms. The SMILES string of the molecule is Cn1nccc1CN[C@H]1CCCCC[C@H]1NC(=O)OC(C)(C)C. The van der Waals surface area contributed by atoms with E-state index in [9.17, 15) is 4.79 Å². The van der Waals surface area contributed by atoms with Crippen molar-refractivity contribution in [2.45, 2.75) is 77.1 Å². The predicted molar refractivity (Wildman–Crippen MR) is 90.1 cm³/mol. The zero-order chi connectivity index (χ0) is 16.9. The van der Waals surface area contributed by atoms with Gasteiger partial charge in [-0.25, -0.2) is 4.79 Å². The predicted octanol–water partition coefficient (Wildman–Crippen LogP) is 2.74. The normalized spacial score (nSPS) is 22.4. The summed E-state index contributed by atoms with van der Waals surface area (Å²) in [4.78, 5) is 12.1. The Morgan fingerprint density at radius 2 is 2.00 bits per heavy atom. The van der Waals surface area contributed by atoms with Gasteiger partial charge >= 0.3 is 6.09 Å². The minimum atomic E-state index is -0.466. The molecule has 1 heterocycles. The van der Waals surface area contributed by atoms with Crippen LogP contribution in [0, 0.1) is 0 Å². The highest BCUT2D eigenvalue weighted by atomic mass is 16.6. The minimum absolute atomic E-state index is 0.112.